The van der Waals surface area contributed by atoms with E-state index in [-0.39, 0.29) is 46.2 Å². The van der Waals surface area contributed by atoms with Crippen molar-refractivity contribution in [2.45, 2.75) is 150 Å². The molecule has 1 aromatic heterocycles. The van der Waals surface area contributed by atoms with Crippen molar-refractivity contribution in [2.24, 2.45) is 5.92 Å². The van der Waals surface area contributed by atoms with Gasteiger partial charge in [0.25, 0.3) is 0 Å². The fourth-order valence-corrected chi connectivity index (χ4v) is 10.3. The third-order valence-electron chi connectivity index (χ3n) is 13.6. The molecule has 6 aromatic carbocycles. The standard InChI is InChI=1S/C20H17OS.C12H22O4.C12H16O.C10H14O3S.C10H14O/c21-14-13-15-9-11-16(12-10-15)22-19-7-3-1-5-17(19)18-6-2-4-8-20(18)22;1-6-9(3)11(14)15-8-10(13)16-12(4,5)7-2;1-4-9(2)11-6-5-7-12(8-11)10(3)13;1-3-8(2)9-4-6-10(7-5-9)14(11,12)13;1-3-8(2)9-4-6-10(11)7-5-9/h1-12,21H,13-14H2;9H,6-8H2,1-5H3;5-9H,4H2,1-3H3;4-8H,3H2,1-2H3,(H,11,12,13);4-8,11H,3H2,1-2H3/q+1;;;;/p-1. The number of carbonyl (C=O) groups is 3. The van der Waals surface area contributed by atoms with Gasteiger partial charge < -0.3 is 24.2 Å². The van der Waals surface area contributed by atoms with E-state index in [2.05, 4.69) is 120 Å². The number of hydrogen-bond donors (Lipinski definition) is 2. The summed E-state index contributed by atoms with van der Waals surface area (Å²) in [5, 5.41) is 20.8. The van der Waals surface area contributed by atoms with Crippen LogP contribution in [0.5, 0.6) is 5.75 Å². The maximum Gasteiger partial charge on any atom is 0.344 e. The average molecular weight is 1080 g/mol. The van der Waals surface area contributed by atoms with Gasteiger partial charge in [0.15, 0.2) is 26.7 Å². The van der Waals surface area contributed by atoms with Gasteiger partial charge in [0.1, 0.15) is 21.5 Å². The number of thiophene rings is 1. The molecule has 0 aliphatic rings. The third kappa shape index (κ3) is 20.4. The Morgan fingerprint density at radius 1 is 0.632 bits per heavy atom. The lowest BCUT2D eigenvalue weighted by atomic mass is 9.96. The number of ether oxygens (including phenoxy) is 2. The van der Waals surface area contributed by atoms with Crippen molar-refractivity contribution >= 4 is 58.5 Å². The second-order valence-corrected chi connectivity index (χ2v) is 23.0. The van der Waals surface area contributed by atoms with Gasteiger partial charge in [0.2, 0.25) is 0 Å². The summed E-state index contributed by atoms with van der Waals surface area (Å²) in [4.78, 5) is 34.9. The van der Waals surface area contributed by atoms with Crippen molar-refractivity contribution in [2.75, 3.05) is 13.2 Å². The van der Waals surface area contributed by atoms with E-state index in [9.17, 15) is 27.4 Å². The molecule has 0 aliphatic carbocycles. The van der Waals surface area contributed by atoms with Gasteiger partial charge in [-0.15, -0.1) is 0 Å². The van der Waals surface area contributed by atoms with Gasteiger partial charge in [0, 0.05) is 33.4 Å². The Morgan fingerprint density at radius 3 is 1.57 bits per heavy atom. The molecule has 0 aliphatic heterocycles. The molecule has 410 valence electrons. The molecule has 10 nitrogen and oxygen atoms in total. The van der Waals surface area contributed by atoms with Crippen LogP contribution in [0.1, 0.15) is 166 Å². The van der Waals surface area contributed by atoms with Crippen molar-refractivity contribution in [1.82, 2.24) is 0 Å². The van der Waals surface area contributed by atoms with E-state index >= 15 is 0 Å². The molecule has 0 spiro atoms. The minimum absolute atomic E-state index is 0.0153. The Morgan fingerprint density at radius 2 is 1.12 bits per heavy atom. The predicted octanol–water partition coefficient (Wildman–Crippen LogP) is 16.0. The molecule has 0 amide bonds. The molecule has 2 N–H and O–H groups in total. The first-order valence-corrected chi connectivity index (χ1v) is 29.1. The monoisotopic (exact) mass is 1070 g/mol. The van der Waals surface area contributed by atoms with Crippen molar-refractivity contribution in [3.8, 4) is 10.6 Å². The normalized spacial score (nSPS) is 12.6. The molecule has 0 bridgehead atoms. The Hall–Kier alpha value is -6.18. The zero-order valence-electron chi connectivity index (χ0n) is 46.8. The van der Waals surface area contributed by atoms with Gasteiger partial charge in [-0.05, 0) is 166 Å². The van der Waals surface area contributed by atoms with Gasteiger partial charge in [-0.2, -0.15) is 0 Å². The number of carbonyl (C=O) groups excluding carboxylic acids is 3. The Labute approximate surface area is 456 Å². The van der Waals surface area contributed by atoms with Gasteiger partial charge in [0.05, 0.1) is 10.8 Å². The second-order valence-electron chi connectivity index (χ2n) is 19.6. The molecular formula is C64H82O10S2. The van der Waals surface area contributed by atoms with Crippen LogP contribution >= 0.6 is 10.5 Å². The maximum absolute atomic E-state index is 11.3. The van der Waals surface area contributed by atoms with E-state index in [0.717, 1.165) is 43.2 Å². The first kappa shape index (κ1) is 64.1. The molecule has 4 unspecified atom stereocenters. The summed E-state index contributed by atoms with van der Waals surface area (Å²) >= 11 is 0. The van der Waals surface area contributed by atoms with Gasteiger partial charge in [-0.25, -0.2) is 13.2 Å². The zero-order chi connectivity index (χ0) is 56.6. The van der Waals surface area contributed by atoms with Crippen molar-refractivity contribution in [3.63, 3.8) is 0 Å². The molecule has 0 fully saturated rings. The predicted molar refractivity (Wildman–Crippen MR) is 312 cm³/mol. The summed E-state index contributed by atoms with van der Waals surface area (Å²) in [5.41, 5.74) is 5.12. The molecule has 0 saturated carbocycles. The average Bonchev–Trinajstić information content (AvgIpc) is 3.76. The molecule has 12 heteroatoms. The van der Waals surface area contributed by atoms with Gasteiger partial charge >= 0.3 is 11.9 Å². The fourth-order valence-electron chi connectivity index (χ4n) is 7.41. The van der Waals surface area contributed by atoms with Crippen LogP contribution in [-0.4, -0.2) is 59.7 Å². The number of hydrogen-bond acceptors (Lipinski definition) is 10. The number of phenolic OH excluding ortho intramolecular Hbond substituents is 1. The highest BCUT2D eigenvalue weighted by Crippen LogP contribution is 2.48. The first-order chi connectivity index (χ1) is 36.0. The number of fused-ring (bicyclic) bond motifs is 3. The number of esters is 2. The lowest BCUT2D eigenvalue weighted by molar-refractivity contribution is -0.169. The zero-order valence-corrected chi connectivity index (χ0v) is 48.4. The quantitative estimate of drug-likeness (QED) is 0.0388. The number of aliphatic hydroxyl groups excluding tert-OH is 1. The van der Waals surface area contributed by atoms with Crippen LogP contribution in [0.3, 0.4) is 0 Å². The second kappa shape index (κ2) is 31.8. The number of ketones is 1. The van der Waals surface area contributed by atoms with Crippen LogP contribution in [0.2, 0.25) is 0 Å². The number of aliphatic hydroxyl groups is 1. The molecule has 0 saturated heterocycles. The van der Waals surface area contributed by atoms with E-state index in [0.29, 0.717) is 29.9 Å². The molecule has 7 aromatic rings. The summed E-state index contributed by atoms with van der Waals surface area (Å²) in [6.45, 7) is 23.5. The highest BCUT2D eigenvalue weighted by molar-refractivity contribution is 7.85. The fraction of sp³-hybridized carbons (Fsp3) is 0.391. The maximum atomic E-state index is 11.3. The van der Waals surface area contributed by atoms with E-state index < -0.39 is 21.7 Å². The van der Waals surface area contributed by atoms with E-state index in [1.54, 1.807) is 38.1 Å². The summed E-state index contributed by atoms with van der Waals surface area (Å²) < 4.78 is 44.7. The Balaban J connectivity index is 0.000000256. The van der Waals surface area contributed by atoms with Crippen LogP contribution < -0.4 is 0 Å². The van der Waals surface area contributed by atoms with Crippen molar-refractivity contribution in [3.05, 3.63) is 173 Å². The SMILES string of the molecule is CCC(C)C(=O)OCC(=O)OC(C)(C)CC.CCC(C)c1ccc(O)cc1.CCC(C)c1ccc(S(=O)(=O)[O-])cc1.CCC(C)c1cccc(C(C)=O)c1.OCCc1ccc(-[s+]2c3ccccc3c3ccccc32)cc1. The van der Waals surface area contributed by atoms with Crippen LogP contribution in [0.25, 0.3) is 25.1 Å². The van der Waals surface area contributed by atoms with Crippen molar-refractivity contribution in [1.29, 1.82) is 0 Å². The molecule has 76 heavy (non-hydrogen) atoms. The van der Waals surface area contributed by atoms with E-state index in [1.807, 2.05) is 58.0 Å². The highest BCUT2D eigenvalue weighted by Gasteiger charge is 2.24. The molecular weight excluding hydrogens is 993 g/mol. The van der Waals surface area contributed by atoms with Crippen LogP contribution in [0.15, 0.2) is 150 Å². The van der Waals surface area contributed by atoms with E-state index in [1.165, 1.54) is 53.9 Å². The molecule has 7 rings (SSSR count). The highest BCUT2D eigenvalue weighted by atomic mass is 32.2. The lowest BCUT2D eigenvalue weighted by Gasteiger charge is -2.23. The first-order valence-electron chi connectivity index (χ1n) is 26.5. The minimum Gasteiger partial charge on any atom is -0.744 e. The topological polar surface area (TPSA) is 167 Å². The minimum atomic E-state index is -4.30. The lowest BCUT2D eigenvalue weighted by Crippen LogP contribution is -2.30. The largest absolute Gasteiger partial charge is 0.744 e. The van der Waals surface area contributed by atoms with Gasteiger partial charge in [-0.3, -0.25) is 9.59 Å². The summed E-state index contributed by atoms with van der Waals surface area (Å²) in [5.74, 6) is 0.986. The number of benzene rings is 6. The molecule has 1 heterocycles. The summed E-state index contributed by atoms with van der Waals surface area (Å²) in [6.07, 6.45) is 5.39. The summed E-state index contributed by atoms with van der Waals surface area (Å²) in [6, 6.07) is 47.6. The summed E-state index contributed by atoms with van der Waals surface area (Å²) in [7, 11) is -4.32. The number of rotatable bonds is 17. The van der Waals surface area contributed by atoms with Crippen LogP contribution in [0.4, 0.5) is 0 Å². The number of phenols is 1. The van der Waals surface area contributed by atoms with Crippen LogP contribution in [0, 0.1) is 5.92 Å². The Kier molecular flexibility index (Phi) is 26.8. The number of Topliss-reactive ketones (excluding diaryl/α,β-unsaturated/α-hetero) is 1. The van der Waals surface area contributed by atoms with Crippen LogP contribution in [-0.2, 0) is 35.6 Å². The Bertz CT molecular complexity index is 2920. The van der Waals surface area contributed by atoms with Crippen molar-refractivity contribution < 1.29 is 47.0 Å². The van der Waals surface area contributed by atoms with E-state index in [4.69, 9.17) is 19.7 Å². The third-order valence-corrected chi connectivity index (χ3v) is 16.7. The number of aromatic hydroxyl groups is 1. The molecule has 0 radical (unpaired) electrons. The smallest absolute Gasteiger partial charge is 0.344 e. The van der Waals surface area contributed by atoms with Gasteiger partial charge in [-0.1, -0.05) is 141 Å². The molecule has 4 atom stereocenters.